The number of carbonyl (C=O) groups is 1. The summed E-state index contributed by atoms with van der Waals surface area (Å²) in [6, 6.07) is 0. The molecule has 0 unspecified atom stereocenters. The highest BCUT2D eigenvalue weighted by molar-refractivity contribution is 9.11. The van der Waals surface area contributed by atoms with E-state index in [1.165, 1.54) is 20.0 Å². The number of carbonyl (C=O) groups excluding carboxylic acids is 1. The van der Waals surface area contributed by atoms with Crippen molar-refractivity contribution in [2.75, 3.05) is 7.11 Å². The van der Waals surface area contributed by atoms with E-state index in [4.69, 9.17) is 4.74 Å². The second-order valence-corrected chi connectivity index (χ2v) is 6.54. The topological polar surface area (TPSA) is 35.5 Å². The molecule has 0 bridgehead atoms. The van der Waals surface area contributed by atoms with Crippen LogP contribution in [0.3, 0.4) is 0 Å². The Bertz CT molecular complexity index is 511. The number of unbranched alkanes of at least 4 members (excludes halogenated alkanes) is 3. The van der Waals surface area contributed by atoms with Crippen LogP contribution in [0.1, 0.15) is 57.8 Å². The molecule has 0 aromatic carbocycles. The maximum absolute atomic E-state index is 11.1. The first-order valence-electron chi connectivity index (χ1n) is 9.06. The first kappa shape index (κ1) is 21.7. The minimum absolute atomic E-state index is 0.0420. The summed E-state index contributed by atoms with van der Waals surface area (Å²) in [6.07, 6.45) is 19.3. The van der Waals surface area contributed by atoms with Gasteiger partial charge in [0.1, 0.15) is 6.10 Å². The van der Waals surface area contributed by atoms with Crippen LogP contribution < -0.4 is 0 Å². The molecule has 4 heteroatoms. The van der Waals surface area contributed by atoms with E-state index >= 15 is 0 Å². The molecule has 25 heavy (non-hydrogen) atoms. The Hall–Kier alpha value is -1.31. The Morgan fingerprint density at radius 3 is 2.76 bits per heavy atom. The van der Waals surface area contributed by atoms with Crippen molar-refractivity contribution >= 4 is 21.9 Å². The van der Waals surface area contributed by atoms with Crippen molar-refractivity contribution < 1.29 is 14.3 Å². The summed E-state index contributed by atoms with van der Waals surface area (Å²) in [5, 5.41) is 0. The lowest BCUT2D eigenvalue weighted by Crippen LogP contribution is -2.10. The lowest BCUT2D eigenvalue weighted by atomic mass is 10.1. The molecule has 0 aliphatic carbocycles. The molecule has 1 saturated heterocycles. The lowest BCUT2D eigenvalue weighted by molar-refractivity contribution is -0.140. The van der Waals surface area contributed by atoms with Crippen LogP contribution >= 0.6 is 15.9 Å². The third-order valence-corrected chi connectivity index (χ3v) is 4.30. The molecular weight excluding hydrogens is 380 g/mol. The van der Waals surface area contributed by atoms with Gasteiger partial charge in [0.2, 0.25) is 0 Å². The number of ether oxygens (including phenoxy) is 2. The van der Waals surface area contributed by atoms with E-state index in [1.54, 1.807) is 0 Å². The van der Waals surface area contributed by atoms with Crippen LogP contribution in [-0.2, 0) is 14.3 Å². The highest BCUT2D eigenvalue weighted by Crippen LogP contribution is 2.23. The van der Waals surface area contributed by atoms with Gasteiger partial charge in [0.25, 0.3) is 0 Å². The second-order valence-electron chi connectivity index (χ2n) is 6.01. The van der Waals surface area contributed by atoms with Gasteiger partial charge < -0.3 is 9.47 Å². The fourth-order valence-electron chi connectivity index (χ4n) is 2.62. The molecule has 2 atom stereocenters. The van der Waals surface area contributed by atoms with Gasteiger partial charge in [0.15, 0.2) is 0 Å². The van der Waals surface area contributed by atoms with Gasteiger partial charge in [-0.25, -0.2) is 0 Å². The standard InChI is InChI=1S/C21H29BrO3/c1-24-21(23)15-12-14-20-17-16-19(25-20)13-10-8-6-4-2-3-5-7-9-11-18-22/h6-9,11,18-20H,2-5,12,14-17H2,1H3/b8-6+,9-7+,18-11+/t19-,20-/m1/s1. The summed E-state index contributed by atoms with van der Waals surface area (Å²) in [4.78, 5) is 12.9. The van der Waals surface area contributed by atoms with Crippen molar-refractivity contribution in [1.29, 1.82) is 0 Å². The predicted octanol–water partition coefficient (Wildman–Crippen LogP) is 5.46. The van der Waals surface area contributed by atoms with Crippen molar-refractivity contribution in [3.8, 4) is 11.8 Å². The smallest absolute Gasteiger partial charge is 0.305 e. The highest BCUT2D eigenvalue weighted by Gasteiger charge is 2.23. The lowest BCUT2D eigenvalue weighted by Gasteiger charge is -2.09. The molecule has 0 spiro atoms. The third kappa shape index (κ3) is 11.8. The van der Waals surface area contributed by atoms with Crippen LogP contribution in [0.5, 0.6) is 0 Å². The van der Waals surface area contributed by atoms with E-state index in [2.05, 4.69) is 50.7 Å². The van der Waals surface area contributed by atoms with Crippen LogP contribution in [0.2, 0.25) is 0 Å². The van der Waals surface area contributed by atoms with E-state index in [1.807, 2.05) is 17.1 Å². The van der Waals surface area contributed by atoms with Crippen molar-refractivity contribution in [2.24, 2.45) is 0 Å². The zero-order chi connectivity index (χ0) is 18.2. The van der Waals surface area contributed by atoms with Crippen LogP contribution in [-0.4, -0.2) is 25.3 Å². The van der Waals surface area contributed by atoms with Gasteiger partial charge in [0.05, 0.1) is 13.2 Å². The number of hydrogen-bond acceptors (Lipinski definition) is 3. The molecule has 0 amide bonds. The molecule has 0 N–H and O–H groups in total. The highest BCUT2D eigenvalue weighted by atomic mass is 79.9. The SMILES string of the molecule is COC(=O)CCC[C@@H]1CC[C@@H](C#C/C=C/CCCC/C=C/C=C/Br)O1. The second kappa shape index (κ2) is 15.0. The third-order valence-electron chi connectivity index (χ3n) is 4.00. The van der Waals surface area contributed by atoms with Crippen molar-refractivity contribution in [3.63, 3.8) is 0 Å². The van der Waals surface area contributed by atoms with Crippen molar-refractivity contribution in [3.05, 3.63) is 35.4 Å². The Kier molecular flexibility index (Phi) is 13.0. The van der Waals surface area contributed by atoms with E-state index in [0.717, 1.165) is 38.5 Å². The molecule has 0 aromatic rings. The maximum atomic E-state index is 11.1. The van der Waals surface area contributed by atoms with E-state index in [0.29, 0.717) is 6.42 Å². The largest absolute Gasteiger partial charge is 0.469 e. The number of hydrogen-bond donors (Lipinski definition) is 0. The summed E-state index contributed by atoms with van der Waals surface area (Å²) in [5.41, 5.74) is 0. The van der Waals surface area contributed by atoms with E-state index < -0.39 is 0 Å². The number of rotatable bonds is 10. The predicted molar refractivity (Wildman–Crippen MR) is 106 cm³/mol. The van der Waals surface area contributed by atoms with Crippen LogP contribution in [0.25, 0.3) is 0 Å². The van der Waals surface area contributed by atoms with Crippen molar-refractivity contribution in [2.45, 2.75) is 70.0 Å². The molecule has 1 rings (SSSR count). The number of esters is 1. The van der Waals surface area contributed by atoms with Gasteiger partial charge in [-0.2, -0.15) is 0 Å². The fourth-order valence-corrected chi connectivity index (χ4v) is 2.80. The zero-order valence-corrected chi connectivity index (χ0v) is 16.7. The Morgan fingerprint density at radius 1 is 1.20 bits per heavy atom. The first-order chi connectivity index (χ1) is 12.3. The van der Waals surface area contributed by atoms with Gasteiger partial charge in [-0.15, -0.1) is 0 Å². The van der Waals surface area contributed by atoms with Gasteiger partial charge in [0, 0.05) is 6.42 Å². The van der Waals surface area contributed by atoms with Crippen LogP contribution in [0, 0.1) is 11.8 Å². The van der Waals surface area contributed by atoms with Crippen LogP contribution in [0.15, 0.2) is 35.4 Å². The Morgan fingerprint density at radius 2 is 2.00 bits per heavy atom. The number of methoxy groups -OCH3 is 1. The molecule has 3 nitrogen and oxygen atoms in total. The average molecular weight is 409 g/mol. The molecule has 1 fully saturated rings. The van der Waals surface area contributed by atoms with E-state index in [9.17, 15) is 4.79 Å². The number of allylic oxidation sites excluding steroid dienone is 5. The summed E-state index contributed by atoms with van der Waals surface area (Å²) >= 11 is 3.23. The molecule has 0 radical (unpaired) electrons. The zero-order valence-electron chi connectivity index (χ0n) is 15.1. The van der Waals surface area contributed by atoms with Gasteiger partial charge in [-0.3, -0.25) is 4.79 Å². The van der Waals surface area contributed by atoms with Gasteiger partial charge in [-0.05, 0) is 62.4 Å². The minimum atomic E-state index is -0.147. The average Bonchev–Trinajstić information content (AvgIpc) is 3.07. The molecular formula is C21H29BrO3. The first-order valence-corrected chi connectivity index (χ1v) is 9.98. The summed E-state index contributed by atoms with van der Waals surface area (Å²) in [5.74, 6) is 6.12. The van der Waals surface area contributed by atoms with Gasteiger partial charge >= 0.3 is 5.97 Å². The Balaban J connectivity index is 2.06. The normalized spacial score (nSPS) is 20.4. The molecule has 0 aromatic heterocycles. The van der Waals surface area contributed by atoms with Crippen molar-refractivity contribution in [1.82, 2.24) is 0 Å². The summed E-state index contributed by atoms with van der Waals surface area (Å²) in [7, 11) is 1.42. The maximum Gasteiger partial charge on any atom is 0.305 e. The molecule has 0 saturated carbocycles. The molecule has 1 aliphatic rings. The molecule has 1 heterocycles. The Labute approximate surface area is 160 Å². The monoisotopic (exact) mass is 408 g/mol. The van der Waals surface area contributed by atoms with Gasteiger partial charge in [-0.1, -0.05) is 52.1 Å². The summed E-state index contributed by atoms with van der Waals surface area (Å²) in [6.45, 7) is 0. The quantitative estimate of drug-likeness (QED) is 0.208. The minimum Gasteiger partial charge on any atom is -0.469 e. The molecule has 1 aliphatic heterocycles. The van der Waals surface area contributed by atoms with E-state index in [-0.39, 0.29) is 18.2 Å². The fraction of sp³-hybridized carbons (Fsp3) is 0.571. The summed E-state index contributed by atoms with van der Waals surface area (Å²) < 4.78 is 10.5. The number of halogens is 1. The molecule has 138 valence electrons. The van der Waals surface area contributed by atoms with Crippen LogP contribution in [0.4, 0.5) is 0 Å².